The number of amides is 1. The highest BCUT2D eigenvalue weighted by atomic mass is 79.9. The Morgan fingerprint density at radius 3 is 2.82 bits per heavy atom. The van der Waals surface area contributed by atoms with Gasteiger partial charge in [-0.1, -0.05) is 24.3 Å². The molecule has 3 aromatic rings. The Balaban J connectivity index is 1.53. The number of carbonyl (C=O) groups is 1. The van der Waals surface area contributed by atoms with E-state index in [9.17, 15) is 4.79 Å². The molecule has 2 aromatic heterocycles. The summed E-state index contributed by atoms with van der Waals surface area (Å²) in [6.07, 6.45) is 0. The van der Waals surface area contributed by atoms with Gasteiger partial charge in [0.15, 0.2) is 0 Å². The van der Waals surface area contributed by atoms with Gasteiger partial charge in [0.2, 0.25) is 0 Å². The van der Waals surface area contributed by atoms with Crippen molar-refractivity contribution in [3.05, 3.63) is 57.0 Å². The number of ether oxygens (including phenoxy) is 1. The number of thiophene rings is 1. The maximum Gasteiger partial charge on any atom is 0.268 e. The van der Waals surface area contributed by atoms with Crippen molar-refractivity contribution in [2.75, 3.05) is 39.4 Å². The first-order valence-electron chi connectivity index (χ1n) is 9.53. The number of aryl methyl sites for hydroxylation is 1. The lowest BCUT2D eigenvalue weighted by molar-refractivity contribution is 0.0383. The lowest BCUT2D eigenvalue weighted by atomic mass is 10.1. The summed E-state index contributed by atoms with van der Waals surface area (Å²) in [6, 6.07) is 12.4. The number of benzene rings is 1. The van der Waals surface area contributed by atoms with Crippen LogP contribution in [0, 0.1) is 6.92 Å². The third kappa shape index (κ3) is 4.33. The van der Waals surface area contributed by atoms with Crippen molar-refractivity contribution in [2.45, 2.75) is 13.5 Å². The number of carbonyl (C=O) groups excluding carboxylic acids is 1. The Kier molecular flexibility index (Phi) is 6.16. The molecule has 1 aliphatic heterocycles. The predicted molar refractivity (Wildman–Crippen MR) is 117 cm³/mol. The highest BCUT2D eigenvalue weighted by Gasteiger charge is 2.18. The number of fused-ring (bicyclic) bond motifs is 1. The predicted octanol–water partition coefficient (Wildman–Crippen LogP) is 3.88. The van der Waals surface area contributed by atoms with Crippen LogP contribution in [0.15, 0.2) is 40.2 Å². The molecule has 1 saturated heterocycles. The quantitative estimate of drug-likeness (QED) is 0.605. The fourth-order valence-electron chi connectivity index (χ4n) is 3.57. The van der Waals surface area contributed by atoms with Crippen LogP contribution in [0.1, 0.15) is 21.6 Å². The van der Waals surface area contributed by atoms with Gasteiger partial charge in [-0.25, -0.2) is 0 Å². The molecule has 148 valence electrons. The summed E-state index contributed by atoms with van der Waals surface area (Å²) in [5.74, 6) is -0.0126. The van der Waals surface area contributed by atoms with E-state index in [0.29, 0.717) is 13.1 Å². The van der Waals surface area contributed by atoms with Crippen LogP contribution < -0.4 is 5.32 Å². The fourth-order valence-corrected chi connectivity index (χ4v) is 5.14. The molecule has 4 rings (SSSR count). The lowest BCUT2D eigenvalue weighted by Gasteiger charge is -2.26. The minimum Gasteiger partial charge on any atom is -0.379 e. The van der Waals surface area contributed by atoms with Crippen LogP contribution in [0.2, 0.25) is 0 Å². The van der Waals surface area contributed by atoms with Gasteiger partial charge in [0.05, 0.1) is 27.2 Å². The third-order valence-electron chi connectivity index (χ3n) is 5.20. The van der Waals surface area contributed by atoms with Crippen LogP contribution in [0.3, 0.4) is 0 Å². The molecule has 0 spiro atoms. The topological polar surface area (TPSA) is 46.5 Å². The molecular weight excluding hydrogens is 438 g/mol. The van der Waals surface area contributed by atoms with Gasteiger partial charge in [0, 0.05) is 32.7 Å². The fraction of sp³-hybridized carbons (Fsp3) is 0.381. The van der Waals surface area contributed by atoms with E-state index in [4.69, 9.17) is 4.74 Å². The summed E-state index contributed by atoms with van der Waals surface area (Å²) in [4.78, 5) is 15.3. The maximum absolute atomic E-state index is 13.0. The van der Waals surface area contributed by atoms with Gasteiger partial charge in [-0.15, -0.1) is 11.3 Å². The van der Waals surface area contributed by atoms with Crippen LogP contribution in [-0.4, -0.2) is 54.8 Å². The van der Waals surface area contributed by atoms with E-state index in [-0.39, 0.29) is 5.91 Å². The average molecular weight is 462 g/mol. The smallest absolute Gasteiger partial charge is 0.268 e. The molecule has 0 bridgehead atoms. The molecule has 1 aromatic carbocycles. The molecule has 0 unspecified atom stereocenters. The Morgan fingerprint density at radius 2 is 2.04 bits per heavy atom. The normalized spacial score (nSPS) is 15.2. The van der Waals surface area contributed by atoms with Gasteiger partial charge in [-0.3, -0.25) is 9.69 Å². The maximum atomic E-state index is 13.0. The molecule has 1 fully saturated rings. The average Bonchev–Trinajstić information content (AvgIpc) is 3.21. The van der Waals surface area contributed by atoms with E-state index in [2.05, 4.69) is 61.9 Å². The number of hydrogen-bond donors (Lipinski definition) is 1. The van der Waals surface area contributed by atoms with E-state index >= 15 is 0 Å². The zero-order valence-corrected chi connectivity index (χ0v) is 18.3. The largest absolute Gasteiger partial charge is 0.379 e. The Morgan fingerprint density at radius 1 is 1.25 bits per heavy atom. The van der Waals surface area contributed by atoms with Crippen LogP contribution in [-0.2, 0) is 11.3 Å². The molecule has 0 atom stereocenters. The number of nitrogens with one attached hydrogen (secondary N) is 1. The van der Waals surface area contributed by atoms with Gasteiger partial charge < -0.3 is 14.6 Å². The van der Waals surface area contributed by atoms with Crippen molar-refractivity contribution in [2.24, 2.45) is 0 Å². The van der Waals surface area contributed by atoms with Crippen molar-refractivity contribution in [3.8, 4) is 0 Å². The van der Waals surface area contributed by atoms with Gasteiger partial charge in [-0.2, -0.15) is 0 Å². The van der Waals surface area contributed by atoms with E-state index in [1.54, 1.807) is 11.3 Å². The molecule has 5 nitrogen and oxygen atoms in total. The number of hydrogen-bond acceptors (Lipinski definition) is 4. The molecule has 0 radical (unpaired) electrons. The summed E-state index contributed by atoms with van der Waals surface area (Å²) < 4.78 is 9.71. The van der Waals surface area contributed by atoms with Crippen molar-refractivity contribution in [1.82, 2.24) is 14.8 Å². The van der Waals surface area contributed by atoms with Crippen molar-refractivity contribution >= 4 is 43.4 Å². The summed E-state index contributed by atoms with van der Waals surface area (Å²) in [5, 5.41) is 3.10. The minimum absolute atomic E-state index is 0.0126. The Bertz CT molecular complexity index is 975. The molecule has 7 heteroatoms. The Hall–Kier alpha value is -1.67. The molecule has 28 heavy (non-hydrogen) atoms. The van der Waals surface area contributed by atoms with E-state index in [0.717, 1.165) is 52.5 Å². The minimum atomic E-state index is -0.0126. The summed E-state index contributed by atoms with van der Waals surface area (Å²) >= 11 is 5.23. The van der Waals surface area contributed by atoms with Crippen LogP contribution in [0.4, 0.5) is 0 Å². The van der Waals surface area contributed by atoms with E-state index < -0.39 is 0 Å². The van der Waals surface area contributed by atoms with Gasteiger partial charge in [-0.05, 0) is 46.1 Å². The summed E-state index contributed by atoms with van der Waals surface area (Å²) in [5.41, 5.74) is 4.28. The monoisotopic (exact) mass is 461 g/mol. The van der Waals surface area contributed by atoms with Crippen LogP contribution >= 0.6 is 27.3 Å². The number of aromatic nitrogens is 1. The summed E-state index contributed by atoms with van der Waals surface area (Å²) in [7, 11) is 0. The first-order chi connectivity index (χ1) is 13.6. The number of morpholine rings is 1. The highest BCUT2D eigenvalue weighted by Crippen LogP contribution is 2.33. The molecule has 1 N–H and O–H groups in total. The second kappa shape index (κ2) is 8.78. The second-order valence-corrected chi connectivity index (χ2v) is 9.52. The molecule has 0 aliphatic carbocycles. The first-order valence-corrected chi connectivity index (χ1v) is 11.1. The SMILES string of the molecule is Cc1ccccc1Cn1c(C(=O)NCCN2CCOCC2)cc2sc(Br)cc21. The van der Waals surface area contributed by atoms with Crippen molar-refractivity contribution in [1.29, 1.82) is 0 Å². The lowest BCUT2D eigenvalue weighted by Crippen LogP contribution is -2.41. The molecular formula is C21H24BrN3O2S. The molecule has 3 heterocycles. The van der Waals surface area contributed by atoms with Crippen molar-refractivity contribution < 1.29 is 9.53 Å². The van der Waals surface area contributed by atoms with Gasteiger partial charge in [0.25, 0.3) is 5.91 Å². The Labute approximate surface area is 177 Å². The molecule has 1 aliphatic rings. The first kappa shape index (κ1) is 19.6. The number of rotatable bonds is 6. The van der Waals surface area contributed by atoms with Crippen LogP contribution in [0.25, 0.3) is 10.2 Å². The standard InChI is InChI=1S/C21H24BrN3O2S/c1-15-4-2-3-5-16(15)14-25-17-13-20(22)28-19(17)12-18(25)21(26)23-6-7-24-8-10-27-11-9-24/h2-5,12-13H,6-11,14H2,1H3,(H,23,26). The molecule has 1 amide bonds. The highest BCUT2D eigenvalue weighted by molar-refractivity contribution is 9.11. The van der Waals surface area contributed by atoms with Gasteiger partial charge in [0.1, 0.15) is 5.69 Å². The zero-order chi connectivity index (χ0) is 19.5. The van der Waals surface area contributed by atoms with Crippen LogP contribution in [0.5, 0.6) is 0 Å². The number of halogens is 1. The molecule has 0 saturated carbocycles. The second-order valence-electron chi connectivity index (χ2n) is 7.05. The van der Waals surface area contributed by atoms with E-state index in [1.165, 1.54) is 11.1 Å². The third-order valence-corrected chi connectivity index (χ3v) is 6.77. The summed E-state index contributed by atoms with van der Waals surface area (Å²) in [6.45, 7) is 7.72. The van der Waals surface area contributed by atoms with Crippen molar-refractivity contribution in [3.63, 3.8) is 0 Å². The van der Waals surface area contributed by atoms with Gasteiger partial charge >= 0.3 is 0 Å². The number of nitrogens with zero attached hydrogens (tertiary/aromatic N) is 2. The van der Waals surface area contributed by atoms with E-state index in [1.807, 2.05) is 12.1 Å². The zero-order valence-electron chi connectivity index (χ0n) is 15.9.